The van der Waals surface area contributed by atoms with Crippen molar-refractivity contribution in [2.75, 3.05) is 38.6 Å². The molecule has 2 aromatic carbocycles. The molecule has 7 nitrogen and oxygen atoms in total. The van der Waals surface area contributed by atoms with Gasteiger partial charge in [0.2, 0.25) is 0 Å². The SMILES string of the molecule is COc1cccc(Nc2c(SN3CCNCC3)cnc3ccc(Br)cc23)c1C(=O)O. The number of halogens is 1. The summed E-state index contributed by atoms with van der Waals surface area (Å²) in [5.41, 5.74) is 2.21. The fourth-order valence-corrected chi connectivity index (χ4v) is 4.74. The number of aromatic carboxylic acids is 1. The maximum absolute atomic E-state index is 12.0. The van der Waals surface area contributed by atoms with Crippen molar-refractivity contribution in [3.8, 4) is 5.75 Å². The monoisotopic (exact) mass is 488 g/mol. The van der Waals surface area contributed by atoms with Crippen LogP contribution in [0, 0.1) is 0 Å². The van der Waals surface area contributed by atoms with Crippen LogP contribution in [0.1, 0.15) is 10.4 Å². The summed E-state index contributed by atoms with van der Waals surface area (Å²) in [5.74, 6) is -0.742. The number of carboxylic acid groups (broad SMARTS) is 1. The second-order valence-electron chi connectivity index (χ2n) is 6.74. The van der Waals surface area contributed by atoms with Crippen LogP contribution in [0.3, 0.4) is 0 Å². The third-order valence-electron chi connectivity index (χ3n) is 4.82. The number of pyridine rings is 1. The number of hydrogen-bond donors (Lipinski definition) is 3. The Kier molecular flexibility index (Phi) is 6.43. The van der Waals surface area contributed by atoms with Crippen molar-refractivity contribution < 1.29 is 14.6 Å². The molecule has 1 aliphatic rings. The van der Waals surface area contributed by atoms with Crippen molar-refractivity contribution in [2.45, 2.75) is 4.90 Å². The van der Waals surface area contributed by atoms with Crippen molar-refractivity contribution in [1.82, 2.24) is 14.6 Å². The first-order chi connectivity index (χ1) is 14.6. The van der Waals surface area contributed by atoms with Crippen molar-refractivity contribution in [3.05, 3.63) is 52.6 Å². The van der Waals surface area contributed by atoms with Crippen LogP contribution in [0.2, 0.25) is 0 Å². The minimum atomic E-state index is -1.05. The Morgan fingerprint density at radius 1 is 1.30 bits per heavy atom. The minimum Gasteiger partial charge on any atom is -0.496 e. The smallest absolute Gasteiger partial charge is 0.341 e. The predicted octanol–water partition coefficient (Wildman–Crippen LogP) is 4.36. The van der Waals surface area contributed by atoms with Crippen LogP contribution >= 0.6 is 27.9 Å². The van der Waals surface area contributed by atoms with Crippen LogP contribution in [0.4, 0.5) is 11.4 Å². The number of rotatable bonds is 6. The highest BCUT2D eigenvalue weighted by atomic mass is 79.9. The van der Waals surface area contributed by atoms with Crippen molar-refractivity contribution >= 4 is 56.1 Å². The van der Waals surface area contributed by atoms with E-state index in [1.165, 1.54) is 7.11 Å². The Hall–Kier alpha value is -2.33. The number of carboxylic acids is 1. The molecule has 2 heterocycles. The van der Waals surface area contributed by atoms with Crippen LogP contribution < -0.4 is 15.4 Å². The van der Waals surface area contributed by atoms with E-state index in [4.69, 9.17) is 4.74 Å². The zero-order valence-corrected chi connectivity index (χ0v) is 18.7. The second-order valence-corrected chi connectivity index (χ2v) is 8.80. The first kappa shape index (κ1) is 20.9. The lowest BCUT2D eigenvalue weighted by molar-refractivity contribution is 0.0694. The lowest BCUT2D eigenvalue weighted by Crippen LogP contribution is -2.39. The van der Waals surface area contributed by atoms with Gasteiger partial charge in [-0.3, -0.25) is 4.98 Å². The Morgan fingerprint density at radius 2 is 2.10 bits per heavy atom. The molecule has 0 atom stereocenters. The molecule has 0 unspecified atom stereocenters. The van der Waals surface area contributed by atoms with Crippen molar-refractivity contribution in [3.63, 3.8) is 0 Å². The molecule has 0 saturated carbocycles. The fraction of sp³-hybridized carbons (Fsp3) is 0.238. The van der Waals surface area contributed by atoms with Gasteiger partial charge in [-0.05, 0) is 42.3 Å². The summed E-state index contributed by atoms with van der Waals surface area (Å²) in [7, 11) is 1.47. The number of methoxy groups -OCH3 is 1. The molecule has 0 bridgehead atoms. The molecule has 3 aromatic rings. The van der Waals surface area contributed by atoms with Crippen LogP contribution in [-0.2, 0) is 0 Å². The molecule has 9 heteroatoms. The molecule has 1 fully saturated rings. The van der Waals surface area contributed by atoms with E-state index >= 15 is 0 Å². The highest BCUT2D eigenvalue weighted by Crippen LogP contribution is 2.39. The van der Waals surface area contributed by atoms with Gasteiger partial charge in [0.1, 0.15) is 11.3 Å². The summed E-state index contributed by atoms with van der Waals surface area (Å²) >= 11 is 5.17. The van der Waals surface area contributed by atoms with Gasteiger partial charge in [0.15, 0.2) is 0 Å². The zero-order valence-electron chi connectivity index (χ0n) is 16.3. The molecule has 0 radical (unpaired) electrons. The molecule has 3 N–H and O–H groups in total. The van der Waals surface area contributed by atoms with Gasteiger partial charge in [-0.15, -0.1) is 0 Å². The highest BCUT2D eigenvalue weighted by molar-refractivity contribution is 9.10. The Bertz CT molecular complexity index is 1090. The van der Waals surface area contributed by atoms with E-state index in [0.717, 1.165) is 52.1 Å². The Labute approximate surface area is 187 Å². The first-order valence-corrected chi connectivity index (χ1v) is 11.0. The summed E-state index contributed by atoms with van der Waals surface area (Å²) in [5, 5.41) is 17.4. The predicted molar refractivity (Wildman–Crippen MR) is 123 cm³/mol. The maximum atomic E-state index is 12.0. The van der Waals surface area contributed by atoms with Crippen LogP contribution in [0.5, 0.6) is 5.75 Å². The molecule has 156 valence electrons. The molecule has 1 aliphatic heterocycles. The quantitative estimate of drug-likeness (QED) is 0.441. The average Bonchev–Trinajstić information content (AvgIpc) is 2.75. The molecular formula is C21H21BrN4O3S. The summed E-state index contributed by atoms with van der Waals surface area (Å²) in [6.45, 7) is 3.70. The topological polar surface area (TPSA) is 86.7 Å². The van der Waals surface area contributed by atoms with E-state index in [1.807, 2.05) is 24.4 Å². The average molecular weight is 489 g/mol. The lowest BCUT2D eigenvalue weighted by Gasteiger charge is -2.27. The first-order valence-electron chi connectivity index (χ1n) is 9.46. The van der Waals surface area contributed by atoms with E-state index in [0.29, 0.717) is 11.4 Å². The molecule has 0 aliphatic carbocycles. The molecule has 30 heavy (non-hydrogen) atoms. The van der Waals surface area contributed by atoms with Crippen LogP contribution in [0.25, 0.3) is 10.9 Å². The maximum Gasteiger partial charge on any atom is 0.341 e. The second kappa shape index (κ2) is 9.22. The number of fused-ring (bicyclic) bond motifs is 1. The standard InChI is InChI=1S/C21H21BrN4O3S/c1-29-17-4-2-3-16(19(17)21(27)28)25-20-14-11-13(22)5-6-15(14)24-12-18(20)30-26-9-7-23-8-10-26/h2-6,11-12,23H,7-10H2,1H3,(H,24,25)(H,27,28). The largest absolute Gasteiger partial charge is 0.496 e. The number of carbonyl (C=O) groups is 1. The Balaban J connectivity index is 1.83. The van der Waals surface area contributed by atoms with Crippen LogP contribution in [-0.4, -0.2) is 53.7 Å². The molecule has 1 aromatic heterocycles. The van der Waals surface area contributed by atoms with Gasteiger partial charge >= 0.3 is 5.97 Å². The van der Waals surface area contributed by atoms with Gasteiger partial charge < -0.3 is 20.5 Å². The zero-order chi connectivity index (χ0) is 21.1. The number of piperazine rings is 1. The third kappa shape index (κ3) is 4.39. The number of nitrogens with one attached hydrogen (secondary N) is 2. The number of anilines is 2. The minimum absolute atomic E-state index is 0.0954. The van der Waals surface area contributed by atoms with E-state index < -0.39 is 5.97 Å². The van der Waals surface area contributed by atoms with Crippen LogP contribution in [0.15, 0.2) is 52.0 Å². The Morgan fingerprint density at radius 3 is 2.83 bits per heavy atom. The van der Waals surface area contributed by atoms with E-state index in [2.05, 4.69) is 35.9 Å². The molecular weight excluding hydrogens is 468 g/mol. The number of nitrogens with zero attached hydrogens (tertiary/aromatic N) is 2. The number of benzene rings is 2. The van der Waals surface area contributed by atoms with Gasteiger partial charge in [0.05, 0.1) is 28.9 Å². The van der Waals surface area contributed by atoms with E-state index in [-0.39, 0.29) is 5.56 Å². The summed E-state index contributed by atoms with van der Waals surface area (Å²) in [6.07, 6.45) is 1.84. The van der Waals surface area contributed by atoms with Gasteiger partial charge in [0, 0.05) is 42.2 Å². The number of aromatic nitrogens is 1. The van der Waals surface area contributed by atoms with Gasteiger partial charge in [-0.25, -0.2) is 9.10 Å². The highest BCUT2D eigenvalue weighted by Gasteiger charge is 2.20. The molecule has 4 rings (SSSR count). The lowest BCUT2D eigenvalue weighted by atomic mass is 10.1. The summed E-state index contributed by atoms with van der Waals surface area (Å²) < 4.78 is 8.49. The number of ether oxygens (including phenoxy) is 1. The summed E-state index contributed by atoms with van der Waals surface area (Å²) in [6, 6.07) is 11.0. The van der Waals surface area contributed by atoms with Gasteiger partial charge in [-0.2, -0.15) is 0 Å². The third-order valence-corrected chi connectivity index (χ3v) is 6.44. The number of hydrogen-bond acceptors (Lipinski definition) is 7. The van der Waals surface area contributed by atoms with Gasteiger partial charge in [-0.1, -0.05) is 22.0 Å². The summed E-state index contributed by atoms with van der Waals surface area (Å²) in [4.78, 5) is 17.5. The van der Waals surface area contributed by atoms with Gasteiger partial charge in [0.25, 0.3) is 0 Å². The van der Waals surface area contributed by atoms with Crippen molar-refractivity contribution in [1.29, 1.82) is 0 Å². The molecule has 1 saturated heterocycles. The van der Waals surface area contributed by atoms with Crippen molar-refractivity contribution in [2.24, 2.45) is 0 Å². The molecule has 0 amide bonds. The normalized spacial score (nSPS) is 14.6. The van der Waals surface area contributed by atoms with E-state index in [9.17, 15) is 9.90 Å². The molecule has 0 spiro atoms. The van der Waals surface area contributed by atoms with E-state index in [1.54, 1.807) is 30.1 Å². The fourth-order valence-electron chi connectivity index (χ4n) is 3.38.